The summed E-state index contributed by atoms with van der Waals surface area (Å²) in [5.74, 6) is 0.264. The topological polar surface area (TPSA) is 81.4 Å². The first-order valence-corrected chi connectivity index (χ1v) is 8.82. The minimum atomic E-state index is -3.45. The highest BCUT2D eigenvalue weighted by Gasteiger charge is 2.28. The van der Waals surface area contributed by atoms with E-state index in [0.717, 1.165) is 19.4 Å². The maximum Gasteiger partial charge on any atom is 0.241 e. The van der Waals surface area contributed by atoms with Gasteiger partial charge in [0.15, 0.2) is 0 Å². The normalized spacial score (nSPS) is 23.9. The molecule has 1 aliphatic rings. The fourth-order valence-corrected chi connectivity index (χ4v) is 4.82. The number of sulfonamides is 1. The molecule has 0 radical (unpaired) electrons. The van der Waals surface area contributed by atoms with E-state index < -0.39 is 10.0 Å². The Morgan fingerprint density at radius 3 is 3.05 bits per heavy atom. The first-order valence-electron chi connectivity index (χ1n) is 6.46. The summed E-state index contributed by atoms with van der Waals surface area (Å²) in [5, 5.41) is 1.75. The number of nitrogens with two attached hydrogens (primary N) is 1. The molecule has 2 heterocycles. The van der Waals surface area contributed by atoms with Crippen molar-refractivity contribution in [2.75, 3.05) is 13.2 Å². The van der Waals surface area contributed by atoms with E-state index in [2.05, 4.69) is 11.6 Å². The predicted octanol–water partition coefficient (Wildman–Crippen LogP) is 1.30. The molecule has 0 aliphatic carbocycles. The van der Waals surface area contributed by atoms with Crippen LogP contribution in [0.5, 0.6) is 0 Å². The van der Waals surface area contributed by atoms with Gasteiger partial charge in [0.05, 0.1) is 11.0 Å². The highest BCUT2D eigenvalue weighted by Crippen LogP contribution is 2.24. The Labute approximate surface area is 118 Å². The van der Waals surface area contributed by atoms with E-state index in [1.807, 2.05) is 0 Å². The average Bonchev–Trinajstić information content (AvgIpc) is 3.04. The lowest BCUT2D eigenvalue weighted by Crippen LogP contribution is -2.33. The van der Waals surface area contributed by atoms with Crippen LogP contribution in [0.3, 0.4) is 0 Å². The van der Waals surface area contributed by atoms with E-state index in [0.29, 0.717) is 16.3 Å². The molecule has 0 aromatic carbocycles. The van der Waals surface area contributed by atoms with Gasteiger partial charge in [0.2, 0.25) is 10.0 Å². The molecule has 1 aromatic heterocycles. The first-order chi connectivity index (χ1) is 9.08. The fraction of sp³-hybridized carbons (Fsp3) is 0.667. The van der Waals surface area contributed by atoms with E-state index in [4.69, 9.17) is 10.5 Å². The highest BCUT2D eigenvalue weighted by atomic mass is 32.2. The SMILES string of the molecule is CCC1OCCC1CNS(=O)(=O)c1ccsc1CN. The molecule has 1 fully saturated rings. The van der Waals surface area contributed by atoms with Gasteiger partial charge in [-0.1, -0.05) is 6.92 Å². The lowest BCUT2D eigenvalue weighted by Gasteiger charge is -2.17. The number of hydrogen-bond donors (Lipinski definition) is 2. The number of thiophene rings is 1. The van der Waals surface area contributed by atoms with Crippen molar-refractivity contribution in [2.24, 2.45) is 11.7 Å². The lowest BCUT2D eigenvalue weighted by molar-refractivity contribution is 0.0884. The van der Waals surface area contributed by atoms with Gasteiger partial charge in [-0.15, -0.1) is 11.3 Å². The summed E-state index contributed by atoms with van der Waals surface area (Å²) in [6.07, 6.45) is 1.99. The molecule has 0 saturated carbocycles. The molecule has 2 unspecified atom stereocenters. The van der Waals surface area contributed by atoms with Gasteiger partial charge in [-0.05, 0) is 24.3 Å². The third-order valence-corrected chi connectivity index (χ3v) is 6.04. The van der Waals surface area contributed by atoms with Crippen LogP contribution in [-0.4, -0.2) is 27.7 Å². The molecule has 3 N–H and O–H groups in total. The maximum atomic E-state index is 12.2. The molecule has 7 heteroatoms. The Balaban J connectivity index is 2.02. The monoisotopic (exact) mass is 304 g/mol. The minimum Gasteiger partial charge on any atom is -0.378 e. The Kier molecular flexibility index (Phi) is 4.97. The second-order valence-corrected chi connectivity index (χ2v) is 7.37. The molecule has 0 bridgehead atoms. The molecule has 1 aliphatic heterocycles. The summed E-state index contributed by atoms with van der Waals surface area (Å²) >= 11 is 1.37. The van der Waals surface area contributed by atoms with Gasteiger partial charge in [0.1, 0.15) is 0 Å². The van der Waals surface area contributed by atoms with Crippen LogP contribution in [-0.2, 0) is 21.3 Å². The zero-order valence-corrected chi connectivity index (χ0v) is 12.6. The van der Waals surface area contributed by atoms with Crippen LogP contribution in [0.25, 0.3) is 0 Å². The van der Waals surface area contributed by atoms with Crippen molar-refractivity contribution in [1.29, 1.82) is 0 Å². The molecule has 1 aromatic rings. The summed E-state index contributed by atoms with van der Waals surface area (Å²) in [7, 11) is -3.45. The molecule has 108 valence electrons. The third-order valence-electron chi connectivity index (χ3n) is 3.46. The van der Waals surface area contributed by atoms with E-state index >= 15 is 0 Å². The fourth-order valence-electron chi connectivity index (χ4n) is 2.39. The van der Waals surface area contributed by atoms with Crippen LogP contribution in [0, 0.1) is 5.92 Å². The second kappa shape index (κ2) is 6.32. The van der Waals surface area contributed by atoms with Crippen molar-refractivity contribution in [3.05, 3.63) is 16.3 Å². The molecular formula is C12H20N2O3S2. The highest BCUT2D eigenvalue weighted by molar-refractivity contribution is 7.89. The zero-order chi connectivity index (χ0) is 13.9. The third kappa shape index (κ3) is 3.35. The van der Waals surface area contributed by atoms with Gasteiger partial charge >= 0.3 is 0 Å². The number of rotatable bonds is 6. The molecule has 19 heavy (non-hydrogen) atoms. The van der Waals surface area contributed by atoms with Crippen LogP contribution < -0.4 is 10.5 Å². The lowest BCUT2D eigenvalue weighted by atomic mass is 10.0. The first kappa shape index (κ1) is 14.9. The average molecular weight is 304 g/mol. The molecule has 2 rings (SSSR count). The summed E-state index contributed by atoms with van der Waals surface area (Å²) in [4.78, 5) is 1.01. The number of nitrogens with one attached hydrogen (secondary N) is 1. The van der Waals surface area contributed by atoms with Crippen molar-refractivity contribution in [1.82, 2.24) is 4.72 Å². The Bertz CT molecular complexity index is 513. The standard InChI is InChI=1S/C12H20N2O3S2/c1-2-10-9(3-5-17-10)8-14-19(15,16)12-4-6-18-11(12)7-13/h4,6,9-10,14H,2-3,5,7-8,13H2,1H3. The van der Waals surface area contributed by atoms with Gasteiger partial charge < -0.3 is 10.5 Å². The summed E-state index contributed by atoms with van der Waals surface area (Å²) in [6.45, 7) is 3.46. The molecule has 0 spiro atoms. The molecule has 2 atom stereocenters. The largest absolute Gasteiger partial charge is 0.378 e. The molecule has 1 saturated heterocycles. The molecular weight excluding hydrogens is 284 g/mol. The number of hydrogen-bond acceptors (Lipinski definition) is 5. The van der Waals surface area contributed by atoms with Crippen molar-refractivity contribution in [2.45, 2.75) is 37.3 Å². The van der Waals surface area contributed by atoms with Crippen molar-refractivity contribution in [3.8, 4) is 0 Å². The van der Waals surface area contributed by atoms with E-state index in [1.54, 1.807) is 11.4 Å². The summed E-state index contributed by atoms with van der Waals surface area (Å²) < 4.78 is 32.7. The van der Waals surface area contributed by atoms with Gasteiger partial charge in [-0.3, -0.25) is 0 Å². The summed E-state index contributed by atoms with van der Waals surface area (Å²) in [6, 6.07) is 1.61. The maximum absolute atomic E-state index is 12.2. The number of ether oxygens (including phenoxy) is 1. The van der Waals surface area contributed by atoms with Crippen LogP contribution in [0.4, 0.5) is 0 Å². The van der Waals surface area contributed by atoms with Crippen LogP contribution in [0.2, 0.25) is 0 Å². The van der Waals surface area contributed by atoms with Gasteiger partial charge in [-0.25, -0.2) is 13.1 Å². The van der Waals surface area contributed by atoms with Crippen LogP contribution >= 0.6 is 11.3 Å². The molecule has 5 nitrogen and oxygen atoms in total. The minimum absolute atomic E-state index is 0.166. The van der Waals surface area contributed by atoms with Crippen LogP contribution in [0.15, 0.2) is 16.3 Å². The quantitative estimate of drug-likeness (QED) is 0.830. The van der Waals surface area contributed by atoms with Crippen LogP contribution in [0.1, 0.15) is 24.6 Å². The van der Waals surface area contributed by atoms with E-state index in [1.165, 1.54) is 11.3 Å². The van der Waals surface area contributed by atoms with Gasteiger partial charge in [0.25, 0.3) is 0 Å². The van der Waals surface area contributed by atoms with E-state index in [9.17, 15) is 8.42 Å². The Morgan fingerprint density at radius 1 is 1.58 bits per heavy atom. The van der Waals surface area contributed by atoms with Crippen molar-refractivity contribution in [3.63, 3.8) is 0 Å². The van der Waals surface area contributed by atoms with Gasteiger partial charge in [0, 0.05) is 30.5 Å². The molecule has 0 amide bonds. The zero-order valence-electron chi connectivity index (χ0n) is 11.0. The van der Waals surface area contributed by atoms with Crippen molar-refractivity contribution < 1.29 is 13.2 Å². The Morgan fingerprint density at radius 2 is 2.37 bits per heavy atom. The second-order valence-electron chi connectivity index (χ2n) is 4.63. The van der Waals surface area contributed by atoms with Crippen molar-refractivity contribution >= 4 is 21.4 Å². The van der Waals surface area contributed by atoms with Gasteiger partial charge in [-0.2, -0.15) is 0 Å². The predicted molar refractivity (Wildman–Crippen MR) is 75.5 cm³/mol. The summed E-state index contributed by atoms with van der Waals surface area (Å²) in [5.41, 5.74) is 5.55. The Hall–Kier alpha value is -0.470. The smallest absolute Gasteiger partial charge is 0.241 e. The van der Waals surface area contributed by atoms with E-state index in [-0.39, 0.29) is 18.6 Å².